The largest absolute Gasteiger partial charge is 0.461 e. The van der Waals surface area contributed by atoms with Gasteiger partial charge in [0, 0.05) is 26.3 Å². The summed E-state index contributed by atoms with van der Waals surface area (Å²) in [6.07, 6.45) is -0.616. The fourth-order valence-corrected chi connectivity index (χ4v) is 5.72. The SMILES string of the molecule is CC(C)OC(=O)[C@H](C)N(C(=O)[C@@H]1CCCN1S(=O)(=O)c1ccc(F)c(F)c1)c1ccc(OC(=O)N(C)C)cc1. The zero-order chi connectivity index (χ0) is 29.1. The molecule has 1 aliphatic heterocycles. The van der Waals surface area contributed by atoms with Gasteiger partial charge in [0.2, 0.25) is 15.9 Å². The molecule has 0 aromatic heterocycles. The number of ether oxygens (including phenoxy) is 2. The van der Waals surface area contributed by atoms with Gasteiger partial charge in [0.25, 0.3) is 0 Å². The standard InChI is InChI=1S/C26H31F2N3O7S/c1-16(2)37-25(33)17(3)31(18-8-10-19(11-9-18)38-26(34)29(4)5)24(32)23-7-6-14-30(23)39(35,36)20-12-13-21(27)22(28)15-20/h8-13,15-17,23H,6-7,14H2,1-5H3/t17-,23-/m0/s1. The quantitative estimate of drug-likeness (QED) is 0.449. The number of esters is 1. The highest BCUT2D eigenvalue weighted by atomic mass is 32.2. The molecule has 0 N–H and O–H groups in total. The van der Waals surface area contributed by atoms with E-state index in [9.17, 15) is 31.6 Å². The highest BCUT2D eigenvalue weighted by Crippen LogP contribution is 2.31. The minimum atomic E-state index is -4.38. The first-order valence-corrected chi connectivity index (χ1v) is 13.7. The first kappa shape index (κ1) is 30.0. The van der Waals surface area contributed by atoms with E-state index in [0.717, 1.165) is 15.3 Å². The Balaban J connectivity index is 1.98. The topological polar surface area (TPSA) is 114 Å². The molecule has 212 valence electrons. The lowest BCUT2D eigenvalue weighted by atomic mass is 10.1. The fraction of sp³-hybridized carbons (Fsp3) is 0.423. The van der Waals surface area contributed by atoms with Gasteiger partial charge in [-0.25, -0.2) is 26.8 Å². The van der Waals surface area contributed by atoms with Crippen molar-refractivity contribution in [1.29, 1.82) is 0 Å². The minimum Gasteiger partial charge on any atom is -0.461 e. The van der Waals surface area contributed by atoms with Gasteiger partial charge in [-0.15, -0.1) is 0 Å². The molecule has 1 fully saturated rings. The summed E-state index contributed by atoms with van der Waals surface area (Å²) in [7, 11) is -1.35. The maximum absolute atomic E-state index is 13.9. The van der Waals surface area contributed by atoms with E-state index < -0.39 is 62.7 Å². The van der Waals surface area contributed by atoms with E-state index in [2.05, 4.69) is 0 Å². The van der Waals surface area contributed by atoms with Gasteiger partial charge >= 0.3 is 12.1 Å². The Bertz CT molecular complexity index is 1330. The number of hydrogen-bond acceptors (Lipinski definition) is 7. The van der Waals surface area contributed by atoms with Crippen LogP contribution in [0.25, 0.3) is 0 Å². The Morgan fingerprint density at radius 3 is 2.21 bits per heavy atom. The Labute approximate surface area is 226 Å². The van der Waals surface area contributed by atoms with Crippen molar-refractivity contribution in [3.05, 3.63) is 54.1 Å². The maximum atomic E-state index is 13.9. The van der Waals surface area contributed by atoms with Crippen molar-refractivity contribution in [2.45, 2.75) is 56.7 Å². The Morgan fingerprint density at radius 2 is 1.64 bits per heavy atom. The summed E-state index contributed by atoms with van der Waals surface area (Å²) in [4.78, 5) is 40.5. The second kappa shape index (κ2) is 12.1. The first-order valence-electron chi connectivity index (χ1n) is 12.2. The zero-order valence-corrected chi connectivity index (χ0v) is 23.1. The predicted octanol–water partition coefficient (Wildman–Crippen LogP) is 3.55. The number of anilines is 1. The molecule has 2 aromatic rings. The van der Waals surface area contributed by atoms with E-state index >= 15 is 0 Å². The molecule has 0 bridgehead atoms. The summed E-state index contributed by atoms with van der Waals surface area (Å²) in [6.45, 7) is 4.72. The third-order valence-corrected chi connectivity index (χ3v) is 7.89. The lowest BCUT2D eigenvalue weighted by Gasteiger charge is -2.33. The molecule has 39 heavy (non-hydrogen) atoms. The summed E-state index contributed by atoms with van der Waals surface area (Å²) in [5.41, 5.74) is 0.231. The van der Waals surface area contributed by atoms with Crippen LogP contribution in [0.5, 0.6) is 5.75 Å². The van der Waals surface area contributed by atoms with Crippen molar-refractivity contribution >= 4 is 33.7 Å². The highest BCUT2D eigenvalue weighted by Gasteiger charge is 2.43. The Morgan fingerprint density at radius 1 is 1.00 bits per heavy atom. The molecule has 13 heteroatoms. The molecular formula is C26H31F2N3O7S. The number of benzene rings is 2. The van der Waals surface area contributed by atoms with Gasteiger partial charge in [-0.1, -0.05) is 0 Å². The molecule has 2 atom stereocenters. The molecule has 10 nitrogen and oxygen atoms in total. The van der Waals surface area contributed by atoms with Gasteiger partial charge in [-0.05, 0) is 76.1 Å². The molecule has 2 aromatic carbocycles. The van der Waals surface area contributed by atoms with Crippen LogP contribution in [0.2, 0.25) is 0 Å². The number of hydrogen-bond donors (Lipinski definition) is 0. The van der Waals surface area contributed by atoms with Crippen LogP contribution in [0.3, 0.4) is 0 Å². The van der Waals surface area contributed by atoms with Gasteiger partial charge in [-0.2, -0.15) is 4.31 Å². The Kier molecular flexibility index (Phi) is 9.28. The number of carbonyl (C=O) groups excluding carboxylic acids is 3. The molecule has 0 unspecified atom stereocenters. The van der Waals surface area contributed by atoms with E-state index in [1.165, 1.54) is 50.2 Å². The second-order valence-electron chi connectivity index (χ2n) is 9.48. The molecule has 3 rings (SSSR count). The third kappa shape index (κ3) is 6.71. The summed E-state index contributed by atoms with van der Waals surface area (Å²) in [5, 5.41) is 0. The lowest BCUT2D eigenvalue weighted by Crippen LogP contribution is -2.53. The monoisotopic (exact) mass is 567 g/mol. The normalized spacial score (nSPS) is 16.6. The van der Waals surface area contributed by atoms with Crippen molar-refractivity contribution in [2.75, 3.05) is 25.5 Å². The first-order chi connectivity index (χ1) is 18.2. The number of rotatable bonds is 8. The minimum absolute atomic E-state index is 0.0319. The number of sulfonamides is 1. The van der Waals surface area contributed by atoms with Crippen LogP contribution in [-0.4, -0.2) is 74.4 Å². The van der Waals surface area contributed by atoms with Gasteiger partial charge in [0.1, 0.15) is 17.8 Å². The summed E-state index contributed by atoms with van der Waals surface area (Å²) < 4.78 is 65.4. The number of amides is 2. The number of halogens is 2. The van der Waals surface area contributed by atoms with Crippen LogP contribution in [0.15, 0.2) is 47.4 Å². The van der Waals surface area contributed by atoms with Gasteiger partial charge < -0.3 is 14.4 Å². The molecule has 1 saturated heterocycles. The molecule has 0 saturated carbocycles. The number of carbonyl (C=O) groups is 3. The molecule has 1 aliphatic rings. The van der Waals surface area contributed by atoms with Crippen molar-refractivity contribution in [1.82, 2.24) is 9.21 Å². The summed E-state index contributed by atoms with van der Waals surface area (Å²) in [5.74, 6) is -3.77. The highest BCUT2D eigenvalue weighted by molar-refractivity contribution is 7.89. The van der Waals surface area contributed by atoms with Crippen LogP contribution in [-0.2, 0) is 24.3 Å². The second-order valence-corrected chi connectivity index (χ2v) is 11.4. The summed E-state index contributed by atoms with van der Waals surface area (Å²) in [6, 6.07) is 5.62. The molecule has 2 amide bonds. The van der Waals surface area contributed by atoms with Crippen molar-refractivity contribution in [2.24, 2.45) is 0 Å². The van der Waals surface area contributed by atoms with Crippen molar-refractivity contribution < 1.29 is 41.1 Å². The van der Waals surface area contributed by atoms with E-state index in [-0.39, 0.29) is 24.4 Å². The molecule has 0 spiro atoms. The maximum Gasteiger partial charge on any atom is 0.414 e. The molecule has 0 aliphatic carbocycles. The summed E-state index contributed by atoms with van der Waals surface area (Å²) >= 11 is 0. The third-order valence-electron chi connectivity index (χ3n) is 5.99. The predicted molar refractivity (Wildman–Crippen MR) is 138 cm³/mol. The molecule has 1 heterocycles. The van der Waals surface area contributed by atoms with Gasteiger partial charge in [0.15, 0.2) is 11.6 Å². The van der Waals surface area contributed by atoms with Gasteiger partial charge in [0.05, 0.1) is 11.0 Å². The van der Waals surface area contributed by atoms with Crippen LogP contribution in [0.4, 0.5) is 19.3 Å². The van der Waals surface area contributed by atoms with Crippen LogP contribution in [0, 0.1) is 11.6 Å². The average molecular weight is 568 g/mol. The number of nitrogens with zero attached hydrogens (tertiary/aromatic N) is 3. The fourth-order valence-electron chi connectivity index (χ4n) is 4.05. The Hall–Kier alpha value is -3.58. The van der Waals surface area contributed by atoms with Gasteiger partial charge in [-0.3, -0.25) is 9.69 Å². The van der Waals surface area contributed by atoms with Crippen molar-refractivity contribution in [3.63, 3.8) is 0 Å². The molecule has 0 radical (unpaired) electrons. The van der Waals surface area contributed by atoms with Crippen molar-refractivity contribution in [3.8, 4) is 5.75 Å². The van der Waals surface area contributed by atoms with E-state index in [1.807, 2.05) is 0 Å². The zero-order valence-electron chi connectivity index (χ0n) is 22.3. The van der Waals surface area contributed by atoms with Crippen LogP contribution in [0.1, 0.15) is 33.6 Å². The average Bonchev–Trinajstić information content (AvgIpc) is 3.37. The van der Waals surface area contributed by atoms with Crippen LogP contribution < -0.4 is 9.64 Å². The van der Waals surface area contributed by atoms with E-state index in [4.69, 9.17) is 9.47 Å². The van der Waals surface area contributed by atoms with Crippen LogP contribution >= 0.6 is 0 Å². The molecular weight excluding hydrogens is 536 g/mol. The lowest BCUT2D eigenvalue weighted by molar-refractivity contribution is -0.149. The van der Waals surface area contributed by atoms with E-state index in [0.29, 0.717) is 18.6 Å². The van der Waals surface area contributed by atoms with E-state index in [1.54, 1.807) is 13.8 Å². The smallest absolute Gasteiger partial charge is 0.414 e.